The van der Waals surface area contributed by atoms with Crippen molar-refractivity contribution in [3.05, 3.63) is 89.6 Å². The average molecular weight is 476 g/mol. The molecule has 1 aliphatic heterocycles. The number of hydrogen-bond donors (Lipinski definition) is 2. The second-order valence-corrected chi connectivity index (χ2v) is 7.93. The van der Waals surface area contributed by atoms with Gasteiger partial charge in [0.1, 0.15) is 11.5 Å². The molecule has 2 heterocycles. The number of methoxy groups -OCH3 is 1. The summed E-state index contributed by atoms with van der Waals surface area (Å²) >= 11 is 0. The van der Waals surface area contributed by atoms with Crippen LogP contribution >= 0.6 is 0 Å². The number of hydrogen-bond acceptors (Lipinski definition) is 5. The van der Waals surface area contributed by atoms with Crippen molar-refractivity contribution in [3.63, 3.8) is 0 Å². The van der Waals surface area contributed by atoms with Crippen molar-refractivity contribution in [2.75, 3.05) is 17.7 Å². The highest BCUT2D eigenvalue weighted by Crippen LogP contribution is 2.43. The number of imidazole rings is 1. The molecular formula is C26H22F2N4O3. The first-order valence-electron chi connectivity index (χ1n) is 10.9. The van der Waals surface area contributed by atoms with Gasteiger partial charge in [-0.25, -0.2) is 4.98 Å². The molecule has 3 aromatic carbocycles. The van der Waals surface area contributed by atoms with Gasteiger partial charge >= 0.3 is 6.61 Å². The number of fused-ring (bicyclic) bond motifs is 3. The van der Waals surface area contributed by atoms with Crippen LogP contribution < -0.4 is 20.1 Å². The lowest BCUT2D eigenvalue weighted by atomic mass is 9.93. The molecule has 1 aromatic heterocycles. The van der Waals surface area contributed by atoms with Gasteiger partial charge < -0.3 is 20.1 Å². The number of carbonyl (C=O) groups excluding carboxylic acids is 1. The zero-order chi connectivity index (χ0) is 24.5. The summed E-state index contributed by atoms with van der Waals surface area (Å²) in [7, 11) is 1.52. The molecule has 9 heteroatoms. The second-order valence-electron chi connectivity index (χ2n) is 7.93. The number of allylic oxidation sites excluding steroid dienone is 1. The van der Waals surface area contributed by atoms with Crippen LogP contribution in [0.4, 0.5) is 20.4 Å². The fourth-order valence-corrected chi connectivity index (χ4v) is 4.40. The van der Waals surface area contributed by atoms with E-state index in [1.807, 2.05) is 28.8 Å². The van der Waals surface area contributed by atoms with E-state index >= 15 is 0 Å². The number of nitrogens with one attached hydrogen (secondary N) is 2. The van der Waals surface area contributed by atoms with Crippen LogP contribution in [-0.4, -0.2) is 29.2 Å². The Labute approximate surface area is 200 Å². The largest absolute Gasteiger partial charge is 0.495 e. The highest BCUT2D eigenvalue weighted by atomic mass is 19.3. The van der Waals surface area contributed by atoms with Crippen LogP contribution in [0.1, 0.15) is 18.5 Å². The number of alkyl halides is 2. The Kier molecular flexibility index (Phi) is 5.82. The van der Waals surface area contributed by atoms with Crippen molar-refractivity contribution in [1.29, 1.82) is 0 Å². The Morgan fingerprint density at radius 3 is 2.49 bits per heavy atom. The molecule has 1 atom stereocenters. The minimum absolute atomic E-state index is 0.0199. The van der Waals surface area contributed by atoms with Gasteiger partial charge in [-0.15, -0.1) is 0 Å². The molecule has 178 valence electrons. The number of halogens is 2. The van der Waals surface area contributed by atoms with E-state index in [9.17, 15) is 13.6 Å². The molecule has 0 saturated carbocycles. The van der Waals surface area contributed by atoms with E-state index < -0.39 is 18.6 Å². The Balaban J connectivity index is 1.69. The van der Waals surface area contributed by atoms with E-state index in [0.29, 0.717) is 39.7 Å². The lowest BCUT2D eigenvalue weighted by molar-refractivity contribution is -0.113. The van der Waals surface area contributed by atoms with E-state index in [1.165, 1.54) is 13.2 Å². The van der Waals surface area contributed by atoms with Crippen molar-refractivity contribution >= 4 is 28.6 Å². The maximum Gasteiger partial charge on any atom is 0.387 e. The Morgan fingerprint density at radius 1 is 1.03 bits per heavy atom. The number of aromatic nitrogens is 2. The van der Waals surface area contributed by atoms with Crippen LogP contribution in [0.2, 0.25) is 0 Å². The number of rotatable bonds is 6. The van der Waals surface area contributed by atoms with Gasteiger partial charge in [0.15, 0.2) is 0 Å². The predicted octanol–water partition coefficient (Wildman–Crippen LogP) is 5.57. The van der Waals surface area contributed by atoms with Crippen molar-refractivity contribution in [1.82, 2.24) is 9.55 Å². The Morgan fingerprint density at radius 2 is 1.71 bits per heavy atom. The van der Waals surface area contributed by atoms with Gasteiger partial charge in [0.2, 0.25) is 5.95 Å². The van der Waals surface area contributed by atoms with Crippen LogP contribution in [-0.2, 0) is 4.79 Å². The predicted molar refractivity (Wildman–Crippen MR) is 129 cm³/mol. The summed E-state index contributed by atoms with van der Waals surface area (Å²) in [5, 5.41) is 6.11. The zero-order valence-corrected chi connectivity index (χ0v) is 19.0. The average Bonchev–Trinajstić information content (AvgIpc) is 3.21. The maximum absolute atomic E-state index is 13.7. The Hall–Kier alpha value is -4.40. The summed E-state index contributed by atoms with van der Waals surface area (Å²) in [5.41, 5.74) is 3.20. The van der Waals surface area contributed by atoms with E-state index in [-0.39, 0.29) is 5.75 Å². The van der Waals surface area contributed by atoms with E-state index in [1.54, 1.807) is 49.4 Å². The van der Waals surface area contributed by atoms with Crippen LogP contribution in [0.15, 0.2) is 84.1 Å². The minimum atomic E-state index is -3.02. The molecule has 1 aliphatic rings. The molecule has 0 aliphatic carbocycles. The molecule has 0 saturated heterocycles. The summed E-state index contributed by atoms with van der Waals surface area (Å²) in [6.07, 6.45) is 0. The molecule has 7 nitrogen and oxygen atoms in total. The molecule has 4 aromatic rings. The summed E-state index contributed by atoms with van der Waals surface area (Å²) in [6.45, 7) is -1.27. The topological polar surface area (TPSA) is 77.4 Å². The third kappa shape index (κ3) is 4.05. The molecule has 0 bridgehead atoms. The van der Waals surface area contributed by atoms with E-state index in [0.717, 1.165) is 5.52 Å². The van der Waals surface area contributed by atoms with Gasteiger partial charge in [0.25, 0.3) is 5.91 Å². The van der Waals surface area contributed by atoms with Crippen LogP contribution in [0.3, 0.4) is 0 Å². The number of anilines is 2. The Bertz CT molecular complexity index is 1450. The number of benzene rings is 3. The molecule has 0 radical (unpaired) electrons. The molecule has 5 rings (SSSR count). The molecule has 2 N–H and O–H groups in total. The molecule has 0 spiro atoms. The van der Waals surface area contributed by atoms with Gasteiger partial charge in [0, 0.05) is 11.3 Å². The first-order valence-corrected chi connectivity index (χ1v) is 10.9. The van der Waals surface area contributed by atoms with Crippen LogP contribution in [0.25, 0.3) is 11.0 Å². The van der Waals surface area contributed by atoms with Crippen LogP contribution in [0.5, 0.6) is 11.5 Å². The number of para-hydroxylation sites is 5. The third-order valence-electron chi connectivity index (χ3n) is 5.86. The molecule has 35 heavy (non-hydrogen) atoms. The lowest BCUT2D eigenvalue weighted by Gasteiger charge is -2.31. The normalized spacial score (nSPS) is 15.1. The molecular weight excluding hydrogens is 454 g/mol. The van der Waals surface area contributed by atoms with Crippen molar-refractivity contribution in [2.45, 2.75) is 19.6 Å². The summed E-state index contributed by atoms with van der Waals surface area (Å²) < 4.78 is 38.7. The van der Waals surface area contributed by atoms with E-state index in [4.69, 9.17) is 9.47 Å². The zero-order valence-electron chi connectivity index (χ0n) is 19.0. The number of nitrogens with zero attached hydrogens (tertiary/aromatic N) is 2. The van der Waals surface area contributed by atoms with Gasteiger partial charge in [0.05, 0.1) is 35.4 Å². The van der Waals surface area contributed by atoms with Gasteiger partial charge in [-0.05, 0) is 37.3 Å². The number of carbonyl (C=O) groups is 1. The number of ether oxygens (including phenoxy) is 2. The van der Waals surface area contributed by atoms with Crippen LogP contribution in [0, 0.1) is 0 Å². The van der Waals surface area contributed by atoms with Crippen molar-refractivity contribution in [2.24, 2.45) is 0 Å². The second kappa shape index (κ2) is 9.09. The molecule has 0 fully saturated rings. The lowest BCUT2D eigenvalue weighted by Crippen LogP contribution is -2.31. The van der Waals surface area contributed by atoms with Gasteiger partial charge in [-0.1, -0.05) is 42.5 Å². The van der Waals surface area contributed by atoms with Crippen molar-refractivity contribution in [3.8, 4) is 11.5 Å². The van der Waals surface area contributed by atoms with Gasteiger partial charge in [-0.2, -0.15) is 8.78 Å². The fraction of sp³-hybridized carbons (Fsp3) is 0.154. The quantitative estimate of drug-likeness (QED) is 0.380. The smallest absolute Gasteiger partial charge is 0.387 e. The molecule has 1 amide bonds. The SMILES string of the molecule is COc1ccccc1NC(=O)C1=C(C)Nc2nc3ccccc3n2[C@H]1c1ccccc1OC(F)F. The fourth-order valence-electron chi connectivity index (χ4n) is 4.40. The monoisotopic (exact) mass is 476 g/mol. The first kappa shape index (κ1) is 22.4. The number of amides is 1. The minimum Gasteiger partial charge on any atom is -0.495 e. The molecule has 0 unspecified atom stereocenters. The van der Waals surface area contributed by atoms with Crippen molar-refractivity contribution < 1.29 is 23.0 Å². The summed E-state index contributed by atoms with van der Waals surface area (Å²) in [6, 6.07) is 20.2. The van der Waals surface area contributed by atoms with Gasteiger partial charge in [-0.3, -0.25) is 9.36 Å². The standard InChI is InChI=1S/C26H22F2N4O3/c1-15-22(24(33)30-18-11-5-8-14-21(18)34-2)23(16-9-3-7-13-20(16)35-25(27)28)32-19-12-6-4-10-17(19)31-26(32)29-15/h3-14,23,25H,1-2H3,(H,29,31)(H,30,33)/t23-/m0/s1. The first-order chi connectivity index (χ1) is 17.0. The third-order valence-corrected chi connectivity index (χ3v) is 5.86. The summed E-state index contributed by atoms with van der Waals surface area (Å²) in [4.78, 5) is 18.4. The highest BCUT2D eigenvalue weighted by molar-refractivity contribution is 6.07. The highest BCUT2D eigenvalue weighted by Gasteiger charge is 2.36. The summed E-state index contributed by atoms with van der Waals surface area (Å²) in [5.74, 6) is 0.553. The maximum atomic E-state index is 13.7. The van der Waals surface area contributed by atoms with E-state index in [2.05, 4.69) is 15.6 Å².